The van der Waals surface area contributed by atoms with E-state index in [9.17, 15) is 4.79 Å². The van der Waals surface area contributed by atoms with Crippen LogP contribution in [0.1, 0.15) is 6.92 Å². The molecule has 0 aliphatic carbocycles. The van der Waals surface area contributed by atoms with Gasteiger partial charge in [-0.05, 0) is 29.8 Å². The van der Waals surface area contributed by atoms with Crippen molar-refractivity contribution in [3.05, 3.63) is 42.5 Å². The van der Waals surface area contributed by atoms with Gasteiger partial charge in [0.2, 0.25) is 0 Å². The average Bonchev–Trinajstić information content (AvgIpc) is 2.40. The molecule has 94 valence electrons. The maximum Gasteiger partial charge on any atom is 0.336 e. The number of nitrogens with zero attached hydrogens (tertiary/aromatic N) is 1. The van der Waals surface area contributed by atoms with Gasteiger partial charge >= 0.3 is 6.03 Å². The molecule has 2 N–H and O–H groups in total. The van der Waals surface area contributed by atoms with E-state index in [1.54, 1.807) is 7.05 Å². The van der Waals surface area contributed by atoms with Crippen LogP contribution in [0, 0.1) is 0 Å². The Labute approximate surface area is 107 Å². The molecule has 2 aromatic carbocycles. The molecule has 0 radical (unpaired) electrons. The van der Waals surface area contributed by atoms with Crippen molar-refractivity contribution in [2.45, 2.75) is 6.92 Å². The number of fused-ring (bicyclic) bond motifs is 1. The zero-order valence-corrected chi connectivity index (χ0v) is 10.6. The molecule has 2 aromatic rings. The van der Waals surface area contributed by atoms with Gasteiger partial charge in [0.15, 0.2) is 0 Å². The lowest BCUT2D eigenvalue weighted by Crippen LogP contribution is -2.46. The molecule has 4 heteroatoms. The second kappa shape index (κ2) is 5.51. The molecule has 0 aliphatic heterocycles. The normalized spacial score (nSPS) is 10.3. The Kier molecular flexibility index (Phi) is 3.79. The number of carbonyl (C=O) groups excluding carboxylic acids is 1. The van der Waals surface area contributed by atoms with Crippen LogP contribution in [0.25, 0.3) is 10.8 Å². The topological polar surface area (TPSA) is 44.4 Å². The number of nitrogens with one attached hydrogen (secondary N) is 2. The summed E-state index contributed by atoms with van der Waals surface area (Å²) in [7, 11) is 1.73. The summed E-state index contributed by atoms with van der Waals surface area (Å²) in [6.45, 7) is 2.50. The number of rotatable bonds is 3. The van der Waals surface area contributed by atoms with Crippen molar-refractivity contribution >= 4 is 22.5 Å². The summed E-state index contributed by atoms with van der Waals surface area (Å²) < 4.78 is 0. The number of amides is 2. The molecule has 0 saturated carbocycles. The highest BCUT2D eigenvalue weighted by atomic mass is 16.2. The maximum atomic E-state index is 11.9. The van der Waals surface area contributed by atoms with E-state index in [0.717, 1.165) is 16.5 Å². The Balaban J connectivity index is 2.36. The number of anilines is 1. The van der Waals surface area contributed by atoms with E-state index < -0.39 is 0 Å². The van der Waals surface area contributed by atoms with Crippen molar-refractivity contribution in [2.75, 3.05) is 18.6 Å². The van der Waals surface area contributed by atoms with Crippen LogP contribution < -0.4 is 15.8 Å². The van der Waals surface area contributed by atoms with Gasteiger partial charge < -0.3 is 5.32 Å². The zero-order valence-electron chi connectivity index (χ0n) is 10.6. The van der Waals surface area contributed by atoms with Crippen LogP contribution in [0.3, 0.4) is 0 Å². The lowest BCUT2D eigenvalue weighted by atomic mass is 10.1. The lowest BCUT2D eigenvalue weighted by Gasteiger charge is -2.21. The first-order valence-electron chi connectivity index (χ1n) is 6.00. The Morgan fingerprint density at radius 2 is 1.89 bits per heavy atom. The Morgan fingerprint density at radius 3 is 2.56 bits per heavy atom. The predicted octanol–water partition coefficient (Wildman–Crippen LogP) is 2.51. The number of carbonyl (C=O) groups is 1. The first-order valence-corrected chi connectivity index (χ1v) is 6.00. The summed E-state index contributed by atoms with van der Waals surface area (Å²) in [5, 5.41) is 6.53. The van der Waals surface area contributed by atoms with Gasteiger partial charge in [-0.3, -0.25) is 0 Å². The van der Waals surface area contributed by atoms with Gasteiger partial charge in [-0.25, -0.2) is 15.2 Å². The molecule has 4 nitrogen and oxygen atoms in total. The average molecular weight is 243 g/mol. The van der Waals surface area contributed by atoms with Gasteiger partial charge in [-0.2, -0.15) is 0 Å². The molecule has 0 unspecified atom stereocenters. The third kappa shape index (κ3) is 2.43. The highest BCUT2D eigenvalue weighted by Crippen LogP contribution is 2.21. The summed E-state index contributed by atoms with van der Waals surface area (Å²) in [6, 6.07) is 13.8. The molecule has 2 rings (SSSR count). The van der Waals surface area contributed by atoms with E-state index >= 15 is 0 Å². The Morgan fingerprint density at radius 1 is 1.17 bits per heavy atom. The first-order chi connectivity index (χ1) is 8.76. The monoisotopic (exact) mass is 243 g/mol. The number of urea groups is 1. The summed E-state index contributed by atoms with van der Waals surface area (Å²) in [5.74, 6) is 0. The molecular formula is C14H17N3O. The van der Waals surface area contributed by atoms with Crippen LogP contribution in [-0.4, -0.2) is 19.6 Å². The third-order valence-corrected chi connectivity index (χ3v) is 2.75. The van der Waals surface area contributed by atoms with E-state index in [0.29, 0.717) is 6.54 Å². The smallest absolute Gasteiger partial charge is 0.336 e. The number of hydrogen-bond acceptors (Lipinski definition) is 2. The van der Waals surface area contributed by atoms with Crippen LogP contribution >= 0.6 is 0 Å². The van der Waals surface area contributed by atoms with Crippen molar-refractivity contribution in [3.63, 3.8) is 0 Å². The van der Waals surface area contributed by atoms with Crippen molar-refractivity contribution < 1.29 is 4.79 Å². The molecule has 0 saturated heterocycles. The van der Waals surface area contributed by atoms with Crippen LogP contribution in [0.2, 0.25) is 0 Å². The fourth-order valence-electron chi connectivity index (χ4n) is 1.89. The van der Waals surface area contributed by atoms with Gasteiger partial charge in [0.1, 0.15) is 0 Å². The minimum absolute atomic E-state index is 0.157. The molecule has 0 fully saturated rings. The molecule has 0 atom stereocenters. The quantitative estimate of drug-likeness (QED) is 0.813. The molecule has 2 amide bonds. The van der Waals surface area contributed by atoms with E-state index in [2.05, 4.69) is 16.8 Å². The minimum atomic E-state index is -0.157. The minimum Gasteiger partial charge on any atom is -0.337 e. The summed E-state index contributed by atoms with van der Waals surface area (Å²) >= 11 is 0. The molecule has 0 bridgehead atoms. The fraction of sp³-hybridized carbons (Fsp3) is 0.214. The zero-order chi connectivity index (χ0) is 13.0. The van der Waals surface area contributed by atoms with E-state index in [1.807, 2.05) is 43.3 Å². The Bertz CT molecular complexity index is 553. The third-order valence-electron chi connectivity index (χ3n) is 2.75. The highest BCUT2D eigenvalue weighted by molar-refractivity contribution is 5.94. The molecule has 0 heterocycles. The second-order valence-corrected chi connectivity index (χ2v) is 3.93. The van der Waals surface area contributed by atoms with Gasteiger partial charge in [0, 0.05) is 13.6 Å². The van der Waals surface area contributed by atoms with Gasteiger partial charge in [0.05, 0.1) is 5.69 Å². The SMILES string of the molecule is CCNC(=O)N(NC)c1ccc2ccccc2c1. The van der Waals surface area contributed by atoms with Crippen LogP contribution in [-0.2, 0) is 0 Å². The van der Waals surface area contributed by atoms with Crippen LogP contribution in [0.4, 0.5) is 10.5 Å². The van der Waals surface area contributed by atoms with E-state index in [4.69, 9.17) is 0 Å². The van der Waals surface area contributed by atoms with Crippen LogP contribution in [0.15, 0.2) is 42.5 Å². The van der Waals surface area contributed by atoms with Crippen molar-refractivity contribution in [1.82, 2.24) is 10.7 Å². The highest BCUT2D eigenvalue weighted by Gasteiger charge is 2.12. The first kappa shape index (κ1) is 12.4. The molecule has 0 spiro atoms. The van der Waals surface area contributed by atoms with Gasteiger partial charge in [0.25, 0.3) is 0 Å². The number of benzene rings is 2. The van der Waals surface area contributed by atoms with Crippen molar-refractivity contribution in [3.8, 4) is 0 Å². The fourth-order valence-corrected chi connectivity index (χ4v) is 1.89. The Hall–Kier alpha value is -2.07. The van der Waals surface area contributed by atoms with E-state index in [-0.39, 0.29) is 6.03 Å². The molecular weight excluding hydrogens is 226 g/mol. The van der Waals surface area contributed by atoms with E-state index in [1.165, 1.54) is 5.01 Å². The second-order valence-electron chi connectivity index (χ2n) is 3.93. The predicted molar refractivity (Wildman–Crippen MR) is 74.6 cm³/mol. The van der Waals surface area contributed by atoms with Crippen molar-refractivity contribution in [2.24, 2.45) is 0 Å². The molecule has 0 aliphatic rings. The van der Waals surface area contributed by atoms with Crippen LogP contribution in [0.5, 0.6) is 0 Å². The number of hydrazine groups is 1. The summed E-state index contributed by atoms with van der Waals surface area (Å²) in [5.41, 5.74) is 3.71. The maximum absolute atomic E-state index is 11.9. The molecule has 18 heavy (non-hydrogen) atoms. The molecule has 0 aromatic heterocycles. The summed E-state index contributed by atoms with van der Waals surface area (Å²) in [6.07, 6.45) is 0. The number of hydrogen-bond donors (Lipinski definition) is 2. The van der Waals surface area contributed by atoms with Gasteiger partial charge in [-0.15, -0.1) is 0 Å². The lowest BCUT2D eigenvalue weighted by molar-refractivity contribution is 0.245. The van der Waals surface area contributed by atoms with Gasteiger partial charge in [-0.1, -0.05) is 30.3 Å². The standard InChI is InChI=1S/C14H17N3O/c1-3-16-14(18)17(15-2)13-9-8-11-6-4-5-7-12(11)10-13/h4-10,15H,3H2,1-2H3,(H,16,18). The largest absolute Gasteiger partial charge is 0.337 e. The summed E-state index contributed by atoms with van der Waals surface area (Å²) in [4.78, 5) is 11.9. The van der Waals surface area contributed by atoms with Crippen molar-refractivity contribution in [1.29, 1.82) is 0 Å².